The van der Waals surface area contributed by atoms with Crippen LogP contribution in [0.15, 0.2) is 71.2 Å². The number of rotatable bonds is 5. The van der Waals surface area contributed by atoms with Gasteiger partial charge >= 0.3 is 0 Å². The molecule has 5 nitrogen and oxygen atoms in total. The van der Waals surface area contributed by atoms with Gasteiger partial charge in [0.1, 0.15) is 5.75 Å². The molecule has 1 aliphatic rings. The Kier molecular flexibility index (Phi) is 5.86. The van der Waals surface area contributed by atoms with E-state index in [4.69, 9.17) is 4.74 Å². The molecule has 0 saturated carbocycles. The largest absolute Gasteiger partial charge is 0.497 e. The van der Waals surface area contributed by atoms with Gasteiger partial charge in [-0.15, -0.1) is 0 Å². The number of hydrogen-bond donors (Lipinski definition) is 1. The fraction of sp³-hybridized carbons (Fsp3) is 0.167. The highest BCUT2D eigenvalue weighted by Crippen LogP contribution is 2.32. The highest BCUT2D eigenvalue weighted by Gasteiger charge is 2.24. The van der Waals surface area contributed by atoms with Gasteiger partial charge < -0.3 is 15.0 Å². The number of carbonyl (C=O) groups is 2. The molecular weight excluding hydrogens is 444 g/mol. The van der Waals surface area contributed by atoms with Crippen molar-refractivity contribution in [2.24, 2.45) is 0 Å². The summed E-state index contributed by atoms with van der Waals surface area (Å²) >= 11 is 3.42. The predicted octanol–water partition coefficient (Wildman–Crippen LogP) is 5.19. The van der Waals surface area contributed by atoms with Crippen molar-refractivity contribution in [1.29, 1.82) is 0 Å². The molecule has 0 aliphatic carbocycles. The van der Waals surface area contributed by atoms with Gasteiger partial charge in [-0.2, -0.15) is 0 Å². The van der Waals surface area contributed by atoms with Gasteiger partial charge in [0.25, 0.3) is 5.91 Å². The molecule has 1 N–H and O–H groups in total. The molecule has 152 valence electrons. The Balaban J connectivity index is 1.57. The van der Waals surface area contributed by atoms with Crippen LogP contribution in [0.3, 0.4) is 0 Å². The van der Waals surface area contributed by atoms with Gasteiger partial charge in [-0.05, 0) is 69.9 Å². The van der Waals surface area contributed by atoms with Gasteiger partial charge in [-0.3, -0.25) is 9.59 Å². The molecule has 1 aliphatic heterocycles. The molecule has 2 amide bonds. The van der Waals surface area contributed by atoms with Crippen LogP contribution in [0.2, 0.25) is 0 Å². The second kappa shape index (κ2) is 8.71. The van der Waals surface area contributed by atoms with Crippen LogP contribution >= 0.6 is 15.9 Å². The highest BCUT2D eigenvalue weighted by molar-refractivity contribution is 9.10. The average Bonchev–Trinajstić information content (AvgIpc) is 2.77. The second-order valence-corrected chi connectivity index (χ2v) is 7.96. The maximum atomic E-state index is 12.8. The predicted molar refractivity (Wildman–Crippen MR) is 121 cm³/mol. The zero-order chi connectivity index (χ0) is 21.1. The summed E-state index contributed by atoms with van der Waals surface area (Å²) < 4.78 is 5.91. The fourth-order valence-corrected chi connectivity index (χ4v) is 4.01. The summed E-state index contributed by atoms with van der Waals surface area (Å²) in [6, 6.07) is 20.9. The number of benzene rings is 3. The van der Waals surface area contributed by atoms with Crippen molar-refractivity contribution in [2.75, 3.05) is 17.3 Å². The van der Waals surface area contributed by atoms with Crippen molar-refractivity contribution < 1.29 is 14.3 Å². The van der Waals surface area contributed by atoms with Gasteiger partial charge in [0.05, 0.1) is 19.2 Å². The standard InChI is InChI=1S/C24H21BrN2O3/c1-30-19-9-10-21(25)20(14-19)24(29)26-18-8-11-22-17(13-18)7-12-23(28)27(22)15-16-5-3-2-4-6-16/h2-6,8-11,13-14H,7,12,15H2,1H3,(H,26,29). The Bertz CT molecular complexity index is 1100. The molecule has 4 rings (SSSR count). The van der Waals surface area contributed by atoms with Crippen LogP contribution in [0.1, 0.15) is 27.9 Å². The molecule has 0 fully saturated rings. The summed E-state index contributed by atoms with van der Waals surface area (Å²) in [7, 11) is 1.57. The maximum absolute atomic E-state index is 12.8. The second-order valence-electron chi connectivity index (χ2n) is 7.11. The number of aryl methyl sites for hydroxylation is 1. The third-order valence-electron chi connectivity index (χ3n) is 5.14. The molecule has 0 spiro atoms. The Hall–Kier alpha value is -3.12. The fourth-order valence-electron chi connectivity index (χ4n) is 3.58. The smallest absolute Gasteiger partial charge is 0.256 e. The summed E-state index contributed by atoms with van der Waals surface area (Å²) in [5.41, 5.74) is 4.22. The number of halogens is 1. The number of nitrogens with zero attached hydrogens (tertiary/aromatic N) is 1. The zero-order valence-corrected chi connectivity index (χ0v) is 18.1. The summed E-state index contributed by atoms with van der Waals surface area (Å²) in [6.07, 6.45) is 1.12. The quantitative estimate of drug-likeness (QED) is 0.565. The van der Waals surface area contributed by atoms with Crippen molar-refractivity contribution in [2.45, 2.75) is 19.4 Å². The Morgan fingerprint density at radius 1 is 1.07 bits per heavy atom. The molecule has 3 aromatic rings. The van der Waals surface area contributed by atoms with Gasteiger partial charge in [0, 0.05) is 22.3 Å². The normalized spacial score (nSPS) is 13.0. The summed E-state index contributed by atoms with van der Waals surface area (Å²) in [5, 5.41) is 2.95. The molecule has 1 heterocycles. The van der Waals surface area contributed by atoms with Gasteiger partial charge in [-0.25, -0.2) is 0 Å². The lowest BCUT2D eigenvalue weighted by atomic mass is 9.99. The first kappa shape index (κ1) is 20.2. The topological polar surface area (TPSA) is 58.6 Å². The first-order valence-corrected chi connectivity index (χ1v) is 10.5. The zero-order valence-electron chi connectivity index (χ0n) is 16.5. The van der Waals surface area contributed by atoms with Crippen molar-refractivity contribution in [3.05, 3.63) is 87.9 Å². The Morgan fingerprint density at radius 2 is 1.87 bits per heavy atom. The number of hydrogen-bond acceptors (Lipinski definition) is 3. The van der Waals surface area contributed by atoms with Crippen LogP contribution in [0.25, 0.3) is 0 Å². The number of ether oxygens (including phenoxy) is 1. The molecule has 0 atom stereocenters. The van der Waals surface area contributed by atoms with E-state index in [1.54, 1.807) is 25.3 Å². The average molecular weight is 465 g/mol. The van der Waals surface area contributed by atoms with E-state index in [0.29, 0.717) is 40.9 Å². The van der Waals surface area contributed by atoms with E-state index in [1.807, 2.05) is 53.4 Å². The Morgan fingerprint density at radius 3 is 2.63 bits per heavy atom. The lowest BCUT2D eigenvalue weighted by Gasteiger charge is -2.30. The minimum Gasteiger partial charge on any atom is -0.497 e. The van der Waals surface area contributed by atoms with Crippen molar-refractivity contribution in [3.8, 4) is 5.75 Å². The number of methoxy groups -OCH3 is 1. The molecule has 0 bridgehead atoms. The van der Waals surface area contributed by atoms with E-state index in [-0.39, 0.29) is 11.8 Å². The minimum absolute atomic E-state index is 0.114. The molecule has 0 radical (unpaired) electrons. The highest BCUT2D eigenvalue weighted by atomic mass is 79.9. The van der Waals surface area contributed by atoms with Crippen LogP contribution in [0.5, 0.6) is 5.75 Å². The molecule has 0 aromatic heterocycles. The summed E-state index contributed by atoms with van der Waals surface area (Å²) in [4.78, 5) is 27.1. The van der Waals surface area contributed by atoms with Crippen LogP contribution in [0, 0.1) is 0 Å². The molecule has 6 heteroatoms. The monoisotopic (exact) mass is 464 g/mol. The molecule has 3 aromatic carbocycles. The minimum atomic E-state index is -0.228. The van der Waals surface area contributed by atoms with Crippen LogP contribution in [-0.4, -0.2) is 18.9 Å². The number of nitrogens with one attached hydrogen (secondary N) is 1. The maximum Gasteiger partial charge on any atom is 0.256 e. The SMILES string of the molecule is COc1ccc(Br)c(C(=O)Nc2ccc3c(c2)CCC(=O)N3Cc2ccccc2)c1. The lowest BCUT2D eigenvalue weighted by Crippen LogP contribution is -2.34. The first-order chi connectivity index (χ1) is 14.5. The van der Waals surface area contributed by atoms with Crippen LogP contribution < -0.4 is 15.0 Å². The van der Waals surface area contributed by atoms with E-state index in [1.165, 1.54) is 0 Å². The number of anilines is 2. The van der Waals surface area contributed by atoms with Crippen molar-refractivity contribution in [3.63, 3.8) is 0 Å². The van der Waals surface area contributed by atoms with E-state index in [9.17, 15) is 9.59 Å². The van der Waals surface area contributed by atoms with Crippen LogP contribution in [-0.2, 0) is 17.8 Å². The number of carbonyl (C=O) groups excluding carboxylic acids is 2. The first-order valence-electron chi connectivity index (χ1n) is 9.67. The van der Waals surface area contributed by atoms with Gasteiger partial charge in [-0.1, -0.05) is 30.3 Å². The number of amides is 2. The van der Waals surface area contributed by atoms with Gasteiger partial charge in [0.15, 0.2) is 0 Å². The van der Waals surface area contributed by atoms with Crippen molar-refractivity contribution >= 4 is 39.1 Å². The van der Waals surface area contributed by atoms with E-state index < -0.39 is 0 Å². The molecule has 0 unspecified atom stereocenters. The van der Waals surface area contributed by atoms with E-state index in [0.717, 1.165) is 16.8 Å². The van der Waals surface area contributed by atoms with E-state index in [2.05, 4.69) is 21.2 Å². The molecule has 30 heavy (non-hydrogen) atoms. The third-order valence-corrected chi connectivity index (χ3v) is 5.83. The Labute approximate surface area is 183 Å². The molecule has 0 saturated heterocycles. The third kappa shape index (κ3) is 4.24. The van der Waals surface area contributed by atoms with Crippen molar-refractivity contribution in [1.82, 2.24) is 0 Å². The summed E-state index contributed by atoms with van der Waals surface area (Å²) in [6.45, 7) is 0.537. The van der Waals surface area contributed by atoms with Gasteiger partial charge in [0.2, 0.25) is 5.91 Å². The number of fused-ring (bicyclic) bond motifs is 1. The summed E-state index contributed by atoms with van der Waals surface area (Å²) in [5.74, 6) is 0.501. The lowest BCUT2D eigenvalue weighted by molar-refractivity contribution is -0.119. The van der Waals surface area contributed by atoms with E-state index >= 15 is 0 Å². The molecular formula is C24H21BrN2O3. The van der Waals surface area contributed by atoms with Crippen LogP contribution in [0.4, 0.5) is 11.4 Å².